The van der Waals surface area contributed by atoms with Crippen LogP contribution in [0.1, 0.15) is 20.3 Å². The zero-order chi connectivity index (χ0) is 17.5. The summed E-state index contributed by atoms with van der Waals surface area (Å²) in [6.07, 6.45) is 5.50. The van der Waals surface area contributed by atoms with Gasteiger partial charge in [0.05, 0.1) is 28.9 Å². The van der Waals surface area contributed by atoms with Gasteiger partial charge in [-0.05, 0) is 24.5 Å². The van der Waals surface area contributed by atoms with Gasteiger partial charge in [0.1, 0.15) is 0 Å². The van der Waals surface area contributed by atoms with E-state index in [1.54, 1.807) is 36.3 Å². The van der Waals surface area contributed by atoms with Crippen molar-refractivity contribution >= 4 is 17.6 Å². The third-order valence-electron chi connectivity index (χ3n) is 4.79. The minimum absolute atomic E-state index is 0.0582. The number of rotatable bonds is 5. The molecule has 2 atom stereocenters. The van der Waals surface area contributed by atoms with Crippen molar-refractivity contribution in [2.45, 2.75) is 20.3 Å². The summed E-state index contributed by atoms with van der Waals surface area (Å²) >= 11 is 0. The molecule has 7 nitrogen and oxygen atoms in total. The van der Waals surface area contributed by atoms with Crippen LogP contribution in [-0.4, -0.2) is 31.7 Å². The van der Waals surface area contributed by atoms with Crippen molar-refractivity contribution in [1.82, 2.24) is 14.8 Å². The first-order valence-electron chi connectivity index (χ1n) is 7.84. The fraction of sp³-hybridized carbons (Fsp3) is 0.412. The highest BCUT2D eigenvalue weighted by Gasteiger charge is 2.65. The fourth-order valence-corrected chi connectivity index (χ4v) is 3.26. The maximum atomic E-state index is 12.8. The van der Waals surface area contributed by atoms with E-state index in [4.69, 9.17) is 0 Å². The summed E-state index contributed by atoms with van der Waals surface area (Å²) in [6.45, 7) is 3.77. The van der Waals surface area contributed by atoms with Gasteiger partial charge in [-0.15, -0.1) is 0 Å². The second-order valence-electron chi connectivity index (χ2n) is 6.55. The van der Waals surface area contributed by atoms with Crippen molar-refractivity contribution in [3.8, 4) is 11.3 Å². The molecule has 0 aliphatic heterocycles. The van der Waals surface area contributed by atoms with Crippen molar-refractivity contribution in [2.75, 3.05) is 5.32 Å². The van der Waals surface area contributed by atoms with Crippen molar-refractivity contribution in [1.29, 1.82) is 0 Å². The number of aliphatic carboxylic acids is 1. The second-order valence-corrected chi connectivity index (χ2v) is 6.55. The molecule has 1 amide bonds. The number of nitrogens with zero attached hydrogens (tertiary/aromatic N) is 3. The Hall–Kier alpha value is -2.70. The number of hydrogen-bond donors (Lipinski definition) is 2. The molecule has 0 aromatic carbocycles. The zero-order valence-corrected chi connectivity index (χ0v) is 13.9. The van der Waals surface area contributed by atoms with Gasteiger partial charge in [-0.3, -0.25) is 19.3 Å². The molecule has 2 aromatic heterocycles. The van der Waals surface area contributed by atoms with Crippen LogP contribution >= 0.6 is 0 Å². The van der Waals surface area contributed by atoms with Gasteiger partial charge in [0.15, 0.2) is 0 Å². The van der Waals surface area contributed by atoms with E-state index in [0.29, 0.717) is 17.8 Å². The molecule has 2 N–H and O–H groups in total. The first-order chi connectivity index (χ1) is 11.4. The van der Waals surface area contributed by atoms with E-state index in [2.05, 4.69) is 15.4 Å². The summed E-state index contributed by atoms with van der Waals surface area (Å²) < 4.78 is 1.66. The lowest BCUT2D eigenvalue weighted by Crippen LogP contribution is -2.32. The SMILES string of the molecule is CC(C)[C@]1(C(=O)Nc2cccnc2-c2cnn(C)c2)C[C@H]1C(=O)O. The molecule has 0 saturated heterocycles. The topological polar surface area (TPSA) is 97.1 Å². The summed E-state index contributed by atoms with van der Waals surface area (Å²) in [5, 5.41) is 16.3. The third kappa shape index (κ3) is 2.55. The Kier molecular flexibility index (Phi) is 3.87. The molecule has 1 aliphatic rings. The molecule has 1 aliphatic carbocycles. The molecular weight excluding hydrogens is 308 g/mol. The highest BCUT2D eigenvalue weighted by Crippen LogP contribution is 2.58. The van der Waals surface area contributed by atoms with Gasteiger partial charge in [0, 0.05) is 25.0 Å². The van der Waals surface area contributed by atoms with Crippen molar-refractivity contribution < 1.29 is 14.7 Å². The van der Waals surface area contributed by atoms with Gasteiger partial charge in [-0.1, -0.05) is 13.8 Å². The molecule has 3 rings (SSSR count). The molecule has 7 heteroatoms. The standard InChI is InChI=1S/C17H20N4O3/c1-10(2)17(7-12(17)15(22)23)16(24)20-13-5-4-6-18-14(13)11-8-19-21(3)9-11/h4-6,8-10,12H,7H2,1-3H3,(H,20,24)(H,22,23)/t12-,17+/m0/s1. The summed E-state index contributed by atoms with van der Waals surface area (Å²) in [4.78, 5) is 28.5. The molecule has 2 heterocycles. The summed E-state index contributed by atoms with van der Waals surface area (Å²) in [5.41, 5.74) is 1.11. The summed E-state index contributed by atoms with van der Waals surface area (Å²) in [7, 11) is 1.81. The van der Waals surface area contributed by atoms with E-state index in [-0.39, 0.29) is 11.8 Å². The quantitative estimate of drug-likeness (QED) is 0.876. The second kappa shape index (κ2) is 5.74. The number of anilines is 1. The first-order valence-corrected chi connectivity index (χ1v) is 7.84. The Bertz CT molecular complexity index is 799. The smallest absolute Gasteiger partial charge is 0.307 e. The Morgan fingerprint density at radius 3 is 2.75 bits per heavy atom. The average Bonchev–Trinajstić information content (AvgIpc) is 3.18. The van der Waals surface area contributed by atoms with Crippen LogP contribution in [0.4, 0.5) is 5.69 Å². The van der Waals surface area contributed by atoms with Gasteiger partial charge in [-0.25, -0.2) is 0 Å². The lowest BCUT2D eigenvalue weighted by Gasteiger charge is -2.21. The highest BCUT2D eigenvalue weighted by molar-refractivity contribution is 6.03. The van der Waals surface area contributed by atoms with Crippen LogP contribution in [0.3, 0.4) is 0 Å². The van der Waals surface area contributed by atoms with Crippen LogP contribution in [-0.2, 0) is 16.6 Å². The molecule has 0 bridgehead atoms. The Balaban J connectivity index is 1.89. The molecule has 1 saturated carbocycles. The van der Waals surface area contributed by atoms with Crippen LogP contribution in [0.25, 0.3) is 11.3 Å². The van der Waals surface area contributed by atoms with E-state index in [0.717, 1.165) is 5.56 Å². The van der Waals surface area contributed by atoms with E-state index in [9.17, 15) is 14.7 Å². The molecule has 1 fully saturated rings. The van der Waals surface area contributed by atoms with E-state index >= 15 is 0 Å². The minimum Gasteiger partial charge on any atom is -0.481 e. The van der Waals surface area contributed by atoms with Crippen LogP contribution in [0, 0.1) is 17.3 Å². The summed E-state index contributed by atoms with van der Waals surface area (Å²) in [6, 6.07) is 3.50. The zero-order valence-electron chi connectivity index (χ0n) is 13.9. The number of amides is 1. The van der Waals surface area contributed by atoms with Gasteiger partial charge >= 0.3 is 5.97 Å². The average molecular weight is 328 g/mol. The number of pyridine rings is 1. The summed E-state index contributed by atoms with van der Waals surface area (Å²) in [5.74, 6) is -1.87. The number of carboxylic acid groups (broad SMARTS) is 1. The molecule has 24 heavy (non-hydrogen) atoms. The van der Waals surface area contributed by atoms with Crippen LogP contribution < -0.4 is 5.32 Å². The number of carbonyl (C=O) groups is 2. The minimum atomic E-state index is -0.919. The van der Waals surface area contributed by atoms with Gasteiger partial charge < -0.3 is 10.4 Å². The maximum absolute atomic E-state index is 12.8. The predicted octanol–water partition coefficient (Wildman–Crippen LogP) is 2.17. The normalized spacial score (nSPS) is 22.4. The van der Waals surface area contributed by atoms with Crippen molar-refractivity contribution in [3.63, 3.8) is 0 Å². The van der Waals surface area contributed by atoms with Gasteiger partial charge in [0.25, 0.3) is 0 Å². The molecule has 2 aromatic rings. The number of carbonyl (C=O) groups excluding carboxylic acids is 1. The lowest BCUT2D eigenvalue weighted by atomic mass is 9.88. The predicted molar refractivity (Wildman–Crippen MR) is 88.1 cm³/mol. The van der Waals surface area contributed by atoms with Gasteiger partial charge in [0.2, 0.25) is 5.91 Å². The number of aromatic nitrogens is 3. The van der Waals surface area contributed by atoms with E-state index in [1.807, 2.05) is 20.0 Å². The van der Waals surface area contributed by atoms with Crippen molar-refractivity contribution in [2.24, 2.45) is 24.3 Å². The van der Waals surface area contributed by atoms with Gasteiger partial charge in [-0.2, -0.15) is 5.10 Å². The maximum Gasteiger partial charge on any atom is 0.307 e. The van der Waals surface area contributed by atoms with E-state index < -0.39 is 17.3 Å². The molecular formula is C17H20N4O3. The van der Waals surface area contributed by atoms with Crippen molar-refractivity contribution in [3.05, 3.63) is 30.7 Å². The monoisotopic (exact) mass is 328 g/mol. The molecule has 0 spiro atoms. The molecule has 0 unspecified atom stereocenters. The highest BCUT2D eigenvalue weighted by atomic mass is 16.4. The number of carboxylic acids is 1. The lowest BCUT2D eigenvalue weighted by molar-refractivity contribution is -0.141. The van der Waals surface area contributed by atoms with Crippen LogP contribution in [0.5, 0.6) is 0 Å². The van der Waals surface area contributed by atoms with E-state index in [1.165, 1.54) is 0 Å². The Morgan fingerprint density at radius 2 is 2.21 bits per heavy atom. The molecule has 126 valence electrons. The molecule has 0 radical (unpaired) electrons. The Labute approximate surface area is 139 Å². The number of aryl methyl sites for hydroxylation is 1. The largest absolute Gasteiger partial charge is 0.481 e. The van der Waals surface area contributed by atoms with Crippen LogP contribution in [0.15, 0.2) is 30.7 Å². The Morgan fingerprint density at radius 1 is 1.46 bits per heavy atom. The first kappa shape index (κ1) is 16.2. The van der Waals surface area contributed by atoms with Crippen LogP contribution in [0.2, 0.25) is 0 Å². The third-order valence-corrected chi connectivity index (χ3v) is 4.79. The number of nitrogens with one attached hydrogen (secondary N) is 1. The number of hydrogen-bond acceptors (Lipinski definition) is 4. The fourth-order valence-electron chi connectivity index (χ4n) is 3.26.